The van der Waals surface area contributed by atoms with E-state index in [2.05, 4.69) is 18.8 Å². The third kappa shape index (κ3) is 3.77. The summed E-state index contributed by atoms with van der Waals surface area (Å²) in [6.45, 7) is 6.94. The van der Waals surface area contributed by atoms with Crippen LogP contribution in [0.5, 0.6) is 11.5 Å². The first-order chi connectivity index (χ1) is 8.76. The van der Waals surface area contributed by atoms with Crippen LogP contribution >= 0.6 is 0 Å². The molecule has 1 unspecified atom stereocenters. The van der Waals surface area contributed by atoms with Crippen molar-refractivity contribution in [3.05, 3.63) is 36.4 Å². The van der Waals surface area contributed by atoms with Crippen LogP contribution < -0.4 is 14.8 Å². The number of methoxy groups -OCH3 is 2. The predicted octanol–water partition coefficient (Wildman–Crippen LogP) is 3.32. The second kappa shape index (κ2) is 7.77. The van der Waals surface area contributed by atoms with Crippen LogP contribution in [0.1, 0.15) is 31.4 Å². The average molecular weight is 249 g/mol. The monoisotopic (exact) mass is 249 g/mol. The van der Waals surface area contributed by atoms with Crippen LogP contribution in [0.25, 0.3) is 0 Å². The van der Waals surface area contributed by atoms with E-state index in [0.29, 0.717) is 0 Å². The Kier molecular flexibility index (Phi) is 6.29. The van der Waals surface area contributed by atoms with Gasteiger partial charge in [-0.3, -0.25) is 0 Å². The van der Waals surface area contributed by atoms with Gasteiger partial charge in [0.25, 0.3) is 0 Å². The Balaban J connectivity index is 3.02. The average Bonchev–Trinajstić information content (AvgIpc) is 2.42. The van der Waals surface area contributed by atoms with Crippen molar-refractivity contribution in [2.45, 2.75) is 25.8 Å². The highest BCUT2D eigenvalue weighted by Gasteiger charge is 2.15. The lowest BCUT2D eigenvalue weighted by Gasteiger charge is -2.20. The first-order valence-corrected chi connectivity index (χ1v) is 6.33. The Hall–Kier alpha value is -1.48. The molecule has 0 aliphatic heterocycles. The van der Waals surface area contributed by atoms with Gasteiger partial charge in [-0.1, -0.05) is 13.0 Å². The van der Waals surface area contributed by atoms with Crippen LogP contribution in [0.2, 0.25) is 0 Å². The second-order valence-electron chi connectivity index (χ2n) is 4.14. The van der Waals surface area contributed by atoms with Crippen molar-refractivity contribution < 1.29 is 9.47 Å². The zero-order chi connectivity index (χ0) is 13.4. The largest absolute Gasteiger partial charge is 0.497 e. The zero-order valence-electron chi connectivity index (χ0n) is 11.5. The summed E-state index contributed by atoms with van der Waals surface area (Å²) in [6.07, 6.45) is 3.88. The van der Waals surface area contributed by atoms with E-state index in [4.69, 9.17) is 9.47 Å². The molecule has 0 aliphatic carbocycles. The third-order valence-corrected chi connectivity index (χ3v) is 2.86. The van der Waals surface area contributed by atoms with Crippen molar-refractivity contribution in [3.63, 3.8) is 0 Å². The van der Waals surface area contributed by atoms with Crippen LogP contribution in [0.4, 0.5) is 0 Å². The standard InChI is InChI=1S/C15H23NO2/c1-5-7-14(16-10-6-2)13-11-12(17-3)8-9-15(13)18-4/h5,8-9,11,14,16H,1,6-7,10H2,2-4H3. The van der Waals surface area contributed by atoms with E-state index in [0.717, 1.165) is 36.4 Å². The molecule has 100 valence electrons. The Labute approximate surface area is 110 Å². The first-order valence-electron chi connectivity index (χ1n) is 6.33. The molecule has 0 saturated heterocycles. The molecule has 0 radical (unpaired) electrons. The van der Waals surface area contributed by atoms with Gasteiger partial charge in [0.2, 0.25) is 0 Å². The number of nitrogens with one attached hydrogen (secondary N) is 1. The van der Waals surface area contributed by atoms with Crippen molar-refractivity contribution in [2.24, 2.45) is 0 Å². The number of hydrogen-bond acceptors (Lipinski definition) is 3. The van der Waals surface area contributed by atoms with Crippen molar-refractivity contribution in [2.75, 3.05) is 20.8 Å². The summed E-state index contributed by atoms with van der Waals surface area (Å²) in [6, 6.07) is 6.09. The minimum atomic E-state index is 0.215. The highest BCUT2D eigenvalue weighted by atomic mass is 16.5. The first kappa shape index (κ1) is 14.6. The smallest absolute Gasteiger partial charge is 0.123 e. The van der Waals surface area contributed by atoms with E-state index < -0.39 is 0 Å². The van der Waals surface area contributed by atoms with Crippen molar-refractivity contribution in [1.82, 2.24) is 5.32 Å². The normalized spacial score (nSPS) is 11.9. The number of rotatable bonds is 8. The lowest BCUT2D eigenvalue weighted by Crippen LogP contribution is -2.22. The van der Waals surface area contributed by atoms with Gasteiger partial charge in [0.1, 0.15) is 11.5 Å². The van der Waals surface area contributed by atoms with Gasteiger partial charge >= 0.3 is 0 Å². The van der Waals surface area contributed by atoms with E-state index in [1.807, 2.05) is 24.3 Å². The van der Waals surface area contributed by atoms with Gasteiger partial charge in [0, 0.05) is 11.6 Å². The molecule has 0 bridgehead atoms. The van der Waals surface area contributed by atoms with Gasteiger partial charge in [-0.15, -0.1) is 6.58 Å². The van der Waals surface area contributed by atoms with Crippen LogP contribution in [-0.2, 0) is 0 Å². The lowest BCUT2D eigenvalue weighted by molar-refractivity contribution is 0.389. The van der Waals surface area contributed by atoms with Gasteiger partial charge < -0.3 is 14.8 Å². The van der Waals surface area contributed by atoms with Crippen molar-refractivity contribution in [1.29, 1.82) is 0 Å². The van der Waals surface area contributed by atoms with Gasteiger partial charge in [-0.25, -0.2) is 0 Å². The summed E-state index contributed by atoms with van der Waals surface area (Å²) < 4.78 is 10.7. The molecule has 0 fully saturated rings. The molecule has 1 rings (SSSR count). The molecular weight excluding hydrogens is 226 g/mol. The lowest BCUT2D eigenvalue weighted by atomic mass is 10.0. The quantitative estimate of drug-likeness (QED) is 0.717. The molecule has 1 N–H and O–H groups in total. The molecule has 0 saturated carbocycles. The minimum absolute atomic E-state index is 0.215. The van der Waals surface area contributed by atoms with E-state index in [9.17, 15) is 0 Å². The molecule has 18 heavy (non-hydrogen) atoms. The van der Waals surface area contributed by atoms with Gasteiger partial charge in [-0.05, 0) is 37.6 Å². The maximum absolute atomic E-state index is 5.42. The fourth-order valence-electron chi connectivity index (χ4n) is 1.92. The summed E-state index contributed by atoms with van der Waals surface area (Å²) in [5, 5.41) is 3.51. The van der Waals surface area contributed by atoms with E-state index in [1.54, 1.807) is 14.2 Å². The molecule has 0 aromatic heterocycles. The van der Waals surface area contributed by atoms with E-state index in [-0.39, 0.29) is 6.04 Å². The third-order valence-electron chi connectivity index (χ3n) is 2.86. The predicted molar refractivity (Wildman–Crippen MR) is 75.4 cm³/mol. The van der Waals surface area contributed by atoms with Crippen LogP contribution in [-0.4, -0.2) is 20.8 Å². The Bertz CT molecular complexity index is 377. The summed E-state index contributed by atoms with van der Waals surface area (Å²) in [7, 11) is 3.36. The van der Waals surface area contributed by atoms with Gasteiger partial charge in [-0.2, -0.15) is 0 Å². The highest BCUT2D eigenvalue weighted by molar-refractivity contribution is 5.42. The number of benzene rings is 1. The van der Waals surface area contributed by atoms with Crippen LogP contribution in [0, 0.1) is 0 Å². The number of hydrogen-bond donors (Lipinski definition) is 1. The minimum Gasteiger partial charge on any atom is -0.497 e. The molecule has 0 heterocycles. The molecule has 1 aromatic rings. The molecule has 3 heteroatoms. The Morgan fingerprint density at radius 3 is 2.67 bits per heavy atom. The second-order valence-corrected chi connectivity index (χ2v) is 4.14. The van der Waals surface area contributed by atoms with Crippen LogP contribution in [0.3, 0.4) is 0 Å². The van der Waals surface area contributed by atoms with Crippen molar-refractivity contribution in [3.8, 4) is 11.5 Å². The van der Waals surface area contributed by atoms with Crippen molar-refractivity contribution >= 4 is 0 Å². The topological polar surface area (TPSA) is 30.5 Å². The molecular formula is C15H23NO2. The fraction of sp³-hybridized carbons (Fsp3) is 0.467. The summed E-state index contributed by atoms with van der Waals surface area (Å²) in [5.74, 6) is 1.73. The number of ether oxygens (including phenoxy) is 2. The highest BCUT2D eigenvalue weighted by Crippen LogP contribution is 2.31. The SMILES string of the molecule is C=CCC(NCCC)c1cc(OC)ccc1OC. The van der Waals surface area contributed by atoms with Gasteiger partial charge in [0.15, 0.2) is 0 Å². The molecule has 3 nitrogen and oxygen atoms in total. The van der Waals surface area contributed by atoms with E-state index in [1.165, 1.54) is 0 Å². The molecule has 0 amide bonds. The summed E-state index contributed by atoms with van der Waals surface area (Å²) in [5.41, 5.74) is 1.12. The molecule has 0 spiro atoms. The molecule has 1 atom stereocenters. The summed E-state index contributed by atoms with van der Waals surface area (Å²) >= 11 is 0. The zero-order valence-corrected chi connectivity index (χ0v) is 11.5. The fourth-order valence-corrected chi connectivity index (χ4v) is 1.92. The van der Waals surface area contributed by atoms with Crippen LogP contribution in [0.15, 0.2) is 30.9 Å². The van der Waals surface area contributed by atoms with Gasteiger partial charge in [0.05, 0.1) is 14.2 Å². The molecule has 1 aromatic carbocycles. The summed E-state index contributed by atoms with van der Waals surface area (Å²) in [4.78, 5) is 0. The Morgan fingerprint density at radius 1 is 1.33 bits per heavy atom. The van der Waals surface area contributed by atoms with E-state index >= 15 is 0 Å². The maximum atomic E-state index is 5.42. The maximum Gasteiger partial charge on any atom is 0.123 e. The molecule has 0 aliphatic rings. The Morgan fingerprint density at radius 2 is 2.11 bits per heavy atom.